The molecule has 0 radical (unpaired) electrons. The third kappa shape index (κ3) is 4.80. The fourth-order valence-electron chi connectivity index (χ4n) is 1.63. The van der Waals surface area contributed by atoms with E-state index in [9.17, 15) is 4.21 Å². The molecule has 0 fully saturated rings. The lowest BCUT2D eigenvalue weighted by Crippen LogP contribution is -2.13. The van der Waals surface area contributed by atoms with Crippen LogP contribution >= 0.6 is 0 Å². The van der Waals surface area contributed by atoms with Crippen molar-refractivity contribution in [1.82, 2.24) is 0 Å². The molecule has 0 aliphatic heterocycles. The highest BCUT2D eigenvalue weighted by atomic mass is 32.2. The number of hydrogen-bond acceptors (Lipinski definition) is 2. The summed E-state index contributed by atoms with van der Waals surface area (Å²) < 4.78 is 12.2. The third-order valence-corrected chi connectivity index (χ3v) is 4.57. The minimum absolute atomic E-state index is 0.114. The Morgan fingerprint density at radius 1 is 1.11 bits per heavy atom. The Morgan fingerprint density at radius 2 is 1.63 bits per heavy atom. The Kier molecular flexibility index (Phi) is 4.92. The number of rotatable bonds is 4. The van der Waals surface area contributed by atoms with Gasteiger partial charge in [-0.05, 0) is 43.4 Å². The molecule has 19 heavy (non-hydrogen) atoms. The second-order valence-electron chi connectivity index (χ2n) is 6.57. The molecule has 0 saturated carbocycles. The fourth-order valence-corrected chi connectivity index (χ4v) is 3.00. The van der Waals surface area contributed by atoms with Crippen LogP contribution in [0.3, 0.4) is 0 Å². The van der Waals surface area contributed by atoms with Gasteiger partial charge in [0, 0.05) is 10.6 Å². The van der Waals surface area contributed by atoms with Crippen LogP contribution in [0.2, 0.25) is 0 Å². The van der Waals surface area contributed by atoms with Crippen molar-refractivity contribution in [1.29, 1.82) is 5.26 Å². The van der Waals surface area contributed by atoms with E-state index >= 15 is 0 Å². The van der Waals surface area contributed by atoms with E-state index in [2.05, 4.69) is 26.8 Å². The highest BCUT2D eigenvalue weighted by Gasteiger charge is 2.19. The molecule has 0 saturated heterocycles. The van der Waals surface area contributed by atoms with Gasteiger partial charge in [-0.3, -0.25) is 4.21 Å². The molecule has 1 unspecified atom stereocenters. The predicted octanol–water partition coefficient (Wildman–Crippen LogP) is 4.03. The quantitative estimate of drug-likeness (QED) is 0.833. The van der Waals surface area contributed by atoms with Crippen molar-refractivity contribution in [2.45, 2.75) is 51.3 Å². The Hall–Kier alpha value is -1.14. The molecule has 0 spiro atoms. The monoisotopic (exact) mass is 277 g/mol. The summed E-state index contributed by atoms with van der Waals surface area (Å²) in [6.07, 6.45) is 0.650. The van der Waals surface area contributed by atoms with Gasteiger partial charge in [-0.15, -0.1) is 0 Å². The smallest absolute Gasteiger partial charge is 0.0684 e. The zero-order valence-electron chi connectivity index (χ0n) is 12.5. The molecule has 1 rings (SSSR count). The van der Waals surface area contributed by atoms with Crippen LogP contribution in [0.5, 0.6) is 0 Å². The van der Waals surface area contributed by atoms with Crippen molar-refractivity contribution in [3.8, 4) is 6.07 Å². The van der Waals surface area contributed by atoms with Gasteiger partial charge in [0.25, 0.3) is 0 Å². The van der Waals surface area contributed by atoms with Crippen LogP contribution in [-0.4, -0.2) is 9.96 Å². The minimum atomic E-state index is -1.02. The summed E-state index contributed by atoms with van der Waals surface area (Å²) in [6, 6.07) is 10.2. The van der Waals surface area contributed by atoms with Crippen LogP contribution in [0, 0.1) is 16.7 Å². The summed E-state index contributed by atoms with van der Waals surface area (Å²) in [4.78, 5) is 0.849. The van der Waals surface area contributed by atoms with Crippen LogP contribution in [-0.2, 0) is 16.2 Å². The number of benzene rings is 1. The van der Waals surface area contributed by atoms with Crippen LogP contribution < -0.4 is 0 Å². The summed E-state index contributed by atoms with van der Waals surface area (Å²) >= 11 is 0. The standard InChI is InChI=1S/C16H23NOS/c1-15(2,3)13-6-8-14(9-7-13)19(18)11-10-16(4,5)12-17/h6-9H,10-11H2,1-5H3. The lowest BCUT2D eigenvalue weighted by molar-refractivity contribution is 0.479. The topological polar surface area (TPSA) is 40.9 Å². The van der Waals surface area contributed by atoms with E-state index in [1.54, 1.807) is 0 Å². The van der Waals surface area contributed by atoms with E-state index in [1.807, 2.05) is 38.1 Å². The van der Waals surface area contributed by atoms with Crippen molar-refractivity contribution in [2.24, 2.45) is 5.41 Å². The largest absolute Gasteiger partial charge is 0.254 e. The van der Waals surface area contributed by atoms with Gasteiger partial charge in [0.1, 0.15) is 0 Å². The van der Waals surface area contributed by atoms with Crippen LogP contribution in [0.25, 0.3) is 0 Å². The summed E-state index contributed by atoms with van der Waals surface area (Å²) in [5.74, 6) is 0.537. The van der Waals surface area contributed by atoms with Crippen LogP contribution in [0.1, 0.15) is 46.6 Å². The number of hydrogen-bond donors (Lipinski definition) is 0. The van der Waals surface area contributed by atoms with E-state index in [0.717, 1.165) is 4.90 Å². The maximum Gasteiger partial charge on any atom is 0.0684 e. The molecule has 3 heteroatoms. The molecule has 0 bridgehead atoms. The number of nitrogens with zero attached hydrogens (tertiary/aromatic N) is 1. The molecule has 0 N–H and O–H groups in total. The van der Waals surface area contributed by atoms with Gasteiger partial charge < -0.3 is 0 Å². The molecule has 0 aromatic heterocycles. The van der Waals surface area contributed by atoms with Crippen molar-refractivity contribution in [3.63, 3.8) is 0 Å². The Labute approximate surface area is 119 Å². The third-order valence-electron chi connectivity index (χ3n) is 3.20. The minimum Gasteiger partial charge on any atom is -0.254 e. The predicted molar refractivity (Wildman–Crippen MR) is 80.4 cm³/mol. The molecular formula is C16H23NOS. The molecule has 1 aromatic rings. The first-order chi connectivity index (χ1) is 8.65. The molecule has 0 heterocycles. The molecule has 0 amide bonds. The molecule has 1 aromatic carbocycles. The second kappa shape index (κ2) is 5.88. The first-order valence-electron chi connectivity index (χ1n) is 6.56. The normalized spacial score (nSPS) is 13.9. The van der Waals surface area contributed by atoms with Crippen LogP contribution in [0.15, 0.2) is 29.2 Å². The first kappa shape index (κ1) is 15.9. The summed E-state index contributed by atoms with van der Waals surface area (Å²) in [6.45, 7) is 10.2. The lowest BCUT2D eigenvalue weighted by Gasteiger charge is -2.19. The highest BCUT2D eigenvalue weighted by molar-refractivity contribution is 7.85. The zero-order chi connectivity index (χ0) is 14.7. The average Bonchev–Trinajstić information content (AvgIpc) is 2.35. The van der Waals surface area contributed by atoms with Crippen molar-refractivity contribution in [3.05, 3.63) is 29.8 Å². The maximum atomic E-state index is 12.2. The first-order valence-corrected chi connectivity index (χ1v) is 7.88. The van der Waals surface area contributed by atoms with E-state index < -0.39 is 16.2 Å². The Bertz CT molecular complexity index is 489. The highest BCUT2D eigenvalue weighted by Crippen LogP contribution is 2.24. The summed E-state index contributed by atoms with van der Waals surface area (Å²) in [5, 5.41) is 8.95. The SMILES string of the molecule is CC(C)(C#N)CCS(=O)c1ccc(C(C)(C)C)cc1. The van der Waals surface area contributed by atoms with E-state index in [0.29, 0.717) is 12.2 Å². The summed E-state index contributed by atoms with van der Waals surface area (Å²) in [5.41, 5.74) is 0.953. The Morgan fingerprint density at radius 3 is 2.05 bits per heavy atom. The molecule has 1 atom stereocenters. The van der Waals surface area contributed by atoms with Gasteiger partial charge in [0.05, 0.1) is 22.3 Å². The van der Waals surface area contributed by atoms with E-state index in [-0.39, 0.29) is 5.41 Å². The average molecular weight is 277 g/mol. The zero-order valence-corrected chi connectivity index (χ0v) is 13.3. The molecule has 2 nitrogen and oxygen atoms in total. The van der Waals surface area contributed by atoms with Crippen molar-refractivity contribution >= 4 is 10.8 Å². The molecular weight excluding hydrogens is 254 g/mol. The van der Waals surface area contributed by atoms with E-state index in [1.165, 1.54) is 5.56 Å². The van der Waals surface area contributed by atoms with Gasteiger partial charge in [0.15, 0.2) is 0 Å². The fraction of sp³-hybridized carbons (Fsp3) is 0.562. The molecule has 0 aliphatic carbocycles. The van der Waals surface area contributed by atoms with Gasteiger partial charge in [-0.1, -0.05) is 32.9 Å². The Balaban J connectivity index is 2.72. The van der Waals surface area contributed by atoms with Gasteiger partial charge >= 0.3 is 0 Å². The molecule has 0 aliphatic rings. The lowest BCUT2D eigenvalue weighted by atomic mass is 9.87. The maximum absolute atomic E-state index is 12.2. The summed E-state index contributed by atoms with van der Waals surface area (Å²) in [7, 11) is -1.02. The van der Waals surface area contributed by atoms with Crippen molar-refractivity contribution < 1.29 is 4.21 Å². The number of nitriles is 1. The second-order valence-corrected chi connectivity index (χ2v) is 8.14. The molecule has 104 valence electrons. The van der Waals surface area contributed by atoms with E-state index in [4.69, 9.17) is 5.26 Å². The van der Waals surface area contributed by atoms with Gasteiger partial charge in [-0.2, -0.15) is 5.26 Å². The van der Waals surface area contributed by atoms with Crippen LogP contribution in [0.4, 0.5) is 0 Å². The van der Waals surface area contributed by atoms with Gasteiger partial charge in [-0.25, -0.2) is 0 Å². The van der Waals surface area contributed by atoms with Gasteiger partial charge in [0.2, 0.25) is 0 Å². The van der Waals surface area contributed by atoms with Crippen molar-refractivity contribution in [2.75, 3.05) is 5.75 Å².